The van der Waals surface area contributed by atoms with Crippen LogP contribution in [0, 0.1) is 5.92 Å². The van der Waals surface area contributed by atoms with Crippen molar-refractivity contribution >= 4 is 5.91 Å². The first kappa shape index (κ1) is 18.0. The summed E-state index contributed by atoms with van der Waals surface area (Å²) < 4.78 is 5.43. The Labute approximate surface area is 144 Å². The number of benzene rings is 1. The Bertz CT molecular complexity index is 666. The number of hydrogen-bond acceptors (Lipinski definition) is 3. The molecular formula is C20H26N2O2. The van der Waals surface area contributed by atoms with Crippen molar-refractivity contribution in [1.82, 2.24) is 10.3 Å². The van der Waals surface area contributed by atoms with Crippen molar-refractivity contribution in [2.24, 2.45) is 5.92 Å². The predicted molar refractivity (Wildman–Crippen MR) is 96.3 cm³/mol. The number of ether oxygens (including phenoxy) is 1. The van der Waals surface area contributed by atoms with Crippen LogP contribution >= 0.6 is 0 Å². The Hall–Kier alpha value is -2.36. The molecule has 0 aliphatic heterocycles. The molecule has 0 aliphatic carbocycles. The molecule has 1 heterocycles. The highest BCUT2D eigenvalue weighted by atomic mass is 16.5. The van der Waals surface area contributed by atoms with Crippen molar-refractivity contribution in [3.63, 3.8) is 0 Å². The Kier molecular flexibility index (Phi) is 6.36. The van der Waals surface area contributed by atoms with Crippen LogP contribution in [0.5, 0.6) is 5.88 Å². The molecule has 0 unspecified atom stereocenters. The highest BCUT2D eigenvalue weighted by Gasteiger charge is 2.16. The third kappa shape index (κ3) is 4.82. The maximum atomic E-state index is 12.5. The minimum atomic E-state index is -0.176. The van der Waals surface area contributed by atoms with E-state index in [1.807, 2.05) is 13.8 Å². The number of carbonyl (C=O) groups is 1. The number of carbonyl (C=O) groups excluding carboxylic acids is 1. The van der Waals surface area contributed by atoms with E-state index in [2.05, 4.69) is 48.4 Å². The molecule has 4 heteroatoms. The summed E-state index contributed by atoms with van der Waals surface area (Å²) in [6.07, 6.45) is 2.69. The van der Waals surface area contributed by atoms with Crippen LogP contribution in [0.2, 0.25) is 0 Å². The van der Waals surface area contributed by atoms with Gasteiger partial charge in [-0.3, -0.25) is 4.79 Å². The molecule has 0 saturated carbocycles. The molecule has 0 aliphatic rings. The normalized spacial score (nSPS) is 12.0. The fourth-order valence-electron chi connectivity index (χ4n) is 2.59. The Morgan fingerprint density at radius 1 is 1.17 bits per heavy atom. The molecule has 0 spiro atoms. The lowest BCUT2D eigenvalue weighted by molar-refractivity contribution is 0.0935. The number of nitrogens with zero attached hydrogens (tertiary/aromatic N) is 1. The number of hydrogen-bond donors (Lipinski definition) is 1. The van der Waals surface area contributed by atoms with Crippen molar-refractivity contribution in [3.8, 4) is 5.88 Å². The maximum absolute atomic E-state index is 12.5. The molecule has 1 atom stereocenters. The second-order valence-corrected chi connectivity index (χ2v) is 6.32. The van der Waals surface area contributed by atoms with E-state index in [9.17, 15) is 4.79 Å². The summed E-state index contributed by atoms with van der Waals surface area (Å²) in [6.45, 7) is 8.75. The molecule has 2 rings (SSSR count). The molecule has 1 amide bonds. The lowest BCUT2D eigenvalue weighted by atomic mass is 10.00. The summed E-state index contributed by atoms with van der Waals surface area (Å²) in [5.41, 5.74) is 2.86. The number of rotatable bonds is 7. The fraction of sp³-hybridized carbons (Fsp3) is 0.400. The van der Waals surface area contributed by atoms with Gasteiger partial charge in [0.05, 0.1) is 12.6 Å². The van der Waals surface area contributed by atoms with Crippen molar-refractivity contribution in [2.45, 2.75) is 40.2 Å². The van der Waals surface area contributed by atoms with Crippen LogP contribution in [0.25, 0.3) is 0 Å². The van der Waals surface area contributed by atoms with Gasteiger partial charge in [-0.05, 0) is 49.4 Å². The number of pyridine rings is 1. The summed E-state index contributed by atoms with van der Waals surface area (Å²) in [6, 6.07) is 11.8. The van der Waals surface area contributed by atoms with Gasteiger partial charge in [0.15, 0.2) is 0 Å². The van der Waals surface area contributed by atoms with Crippen LogP contribution in [0.1, 0.15) is 55.2 Å². The van der Waals surface area contributed by atoms with Crippen molar-refractivity contribution in [1.29, 1.82) is 0 Å². The largest absolute Gasteiger partial charge is 0.477 e. The fourth-order valence-corrected chi connectivity index (χ4v) is 2.59. The smallest absolute Gasteiger partial charge is 0.257 e. The summed E-state index contributed by atoms with van der Waals surface area (Å²) in [4.78, 5) is 16.6. The van der Waals surface area contributed by atoms with Gasteiger partial charge in [0, 0.05) is 6.20 Å². The molecule has 4 nitrogen and oxygen atoms in total. The van der Waals surface area contributed by atoms with Crippen molar-refractivity contribution < 1.29 is 9.53 Å². The molecule has 0 radical (unpaired) electrons. The maximum Gasteiger partial charge on any atom is 0.257 e. The Morgan fingerprint density at radius 3 is 2.50 bits per heavy atom. The summed E-state index contributed by atoms with van der Waals surface area (Å²) in [5, 5.41) is 3.01. The minimum absolute atomic E-state index is 0.0831. The zero-order chi connectivity index (χ0) is 17.5. The van der Waals surface area contributed by atoms with E-state index < -0.39 is 0 Å². The second kappa shape index (κ2) is 8.48. The van der Waals surface area contributed by atoms with Crippen LogP contribution in [-0.4, -0.2) is 17.5 Å². The average molecular weight is 326 g/mol. The second-order valence-electron chi connectivity index (χ2n) is 6.32. The number of amides is 1. The molecule has 24 heavy (non-hydrogen) atoms. The Balaban J connectivity index is 2.06. The van der Waals surface area contributed by atoms with Crippen molar-refractivity contribution in [2.75, 3.05) is 6.61 Å². The minimum Gasteiger partial charge on any atom is -0.477 e. The third-order valence-electron chi connectivity index (χ3n) is 3.77. The van der Waals surface area contributed by atoms with E-state index in [0.717, 1.165) is 12.0 Å². The predicted octanol–water partition coefficient (Wildman–Crippen LogP) is 4.17. The van der Waals surface area contributed by atoms with Crippen LogP contribution in [0.3, 0.4) is 0 Å². The molecular weight excluding hydrogens is 300 g/mol. The quantitative estimate of drug-likeness (QED) is 0.831. The molecule has 1 aromatic carbocycles. The van der Waals surface area contributed by atoms with Crippen LogP contribution in [-0.2, 0) is 6.42 Å². The first-order valence-corrected chi connectivity index (χ1v) is 8.48. The van der Waals surface area contributed by atoms with Gasteiger partial charge in [0.1, 0.15) is 5.56 Å². The summed E-state index contributed by atoms with van der Waals surface area (Å²) in [7, 11) is 0. The van der Waals surface area contributed by atoms with E-state index in [1.165, 1.54) is 5.56 Å². The van der Waals surface area contributed by atoms with E-state index in [0.29, 0.717) is 24.0 Å². The van der Waals surface area contributed by atoms with E-state index >= 15 is 0 Å². The molecule has 2 aromatic rings. The highest BCUT2D eigenvalue weighted by molar-refractivity contribution is 5.96. The molecule has 0 fully saturated rings. The van der Waals surface area contributed by atoms with Gasteiger partial charge in [0.2, 0.25) is 5.88 Å². The number of aromatic nitrogens is 1. The summed E-state index contributed by atoms with van der Waals surface area (Å²) in [5.74, 6) is 0.831. The molecule has 0 bridgehead atoms. The van der Waals surface area contributed by atoms with Crippen LogP contribution < -0.4 is 10.1 Å². The van der Waals surface area contributed by atoms with Gasteiger partial charge < -0.3 is 10.1 Å². The Morgan fingerprint density at radius 2 is 1.88 bits per heavy atom. The lowest BCUT2D eigenvalue weighted by Crippen LogP contribution is -2.27. The molecule has 1 N–H and O–H groups in total. The lowest BCUT2D eigenvalue weighted by Gasteiger charge is -2.16. The molecule has 128 valence electrons. The van der Waals surface area contributed by atoms with E-state index in [4.69, 9.17) is 4.74 Å². The van der Waals surface area contributed by atoms with Gasteiger partial charge in [-0.2, -0.15) is 0 Å². The zero-order valence-electron chi connectivity index (χ0n) is 14.9. The first-order valence-electron chi connectivity index (χ1n) is 8.48. The SMILES string of the molecule is CCOc1ncccc1C(=O)N[C@@H](C)c1ccc(CC(C)C)cc1. The number of nitrogens with one attached hydrogen (secondary N) is 1. The van der Waals surface area contributed by atoms with Crippen LogP contribution in [0.15, 0.2) is 42.6 Å². The van der Waals surface area contributed by atoms with Crippen molar-refractivity contribution in [3.05, 3.63) is 59.3 Å². The van der Waals surface area contributed by atoms with Gasteiger partial charge in [-0.25, -0.2) is 4.98 Å². The van der Waals surface area contributed by atoms with Gasteiger partial charge >= 0.3 is 0 Å². The summed E-state index contributed by atoms with van der Waals surface area (Å²) >= 11 is 0. The standard InChI is InChI=1S/C20H26N2O2/c1-5-24-20-18(7-6-12-21-20)19(23)22-15(4)17-10-8-16(9-11-17)13-14(2)3/h6-12,14-15H,5,13H2,1-4H3,(H,22,23)/t15-/m0/s1. The van der Waals surface area contributed by atoms with Crippen LogP contribution in [0.4, 0.5) is 0 Å². The van der Waals surface area contributed by atoms with E-state index in [-0.39, 0.29) is 11.9 Å². The highest BCUT2D eigenvalue weighted by Crippen LogP contribution is 2.18. The topological polar surface area (TPSA) is 51.2 Å². The monoisotopic (exact) mass is 326 g/mol. The molecule has 0 saturated heterocycles. The van der Waals surface area contributed by atoms with Gasteiger partial charge in [-0.1, -0.05) is 38.1 Å². The van der Waals surface area contributed by atoms with Gasteiger partial charge in [-0.15, -0.1) is 0 Å². The molecule has 1 aromatic heterocycles. The van der Waals surface area contributed by atoms with Gasteiger partial charge in [0.25, 0.3) is 5.91 Å². The zero-order valence-corrected chi connectivity index (χ0v) is 14.9. The average Bonchev–Trinajstić information content (AvgIpc) is 2.55. The van der Waals surface area contributed by atoms with E-state index in [1.54, 1.807) is 18.3 Å². The first-order chi connectivity index (χ1) is 11.5. The third-order valence-corrected chi connectivity index (χ3v) is 3.77.